The van der Waals surface area contributed by atoms with Crippen LogP contribution in [0.2, 0.25) is 0 Å². The fourth-order valence-corrected chi connectivity index (χ4v) is 2.29. The molecule has 0 bridgehead atoms. The van der Waals surface area contributed by atoms with E-state index in [9.17, 15) is 0 Å². The third-order valence-corrected chi connectivity index (χ3v) is 3.39. The molecule has 0 aromatic carbocycles. The molecule has 4 heteroatoms. The van der Waals surface area contributed by atoms with E-state index in [4.69, 9.17) is 4.74 Å². The van der Waals surface area contributed by atoms with E-state index in [0.29, 0.717) is 6.04 Å². The highest BCUT2D eigenvalue weighted by molar-refractivity contribution is 5.43. The maximum atomic E-state index is 5.44. The summed E-state index contributed by atoms with van der Waals surface area (Å²) in [5.74, 6) is 1.05. The molecule has 1 saturated heterocycles. The predicted molar refractivity (Wildman–Crippen MR) is 74.0 cm³/mol. The van der Waals surface area contributed by atoms with Crippen LogP contribution >= 0.6 is 0 Å². The summed E-state index contributed by atoms with van der Waals surface area (Å²) in [6.07, 6.45) is 1.09. The molecule has 1 fully saturated rings. The second-order valence-corrected chi connectivity index (χ2v) is 4.88. The van der Waals surface area contributed by atoms with Crippen LogP contribution in [0.15, 0.2) is 12.1 Å². The van der Waals surface area contributed by atoms with Crippen molar-refractivity contribution in [2.45, 2.75) is 32.9 Å². The summed E-state index contributed by atoms with van der Waals surface area (Å²) >= 11 is 0. The molecule has 1 unspecified atom stereocenters. The molecule has 1 aromatic rings. The number of likely N-dealkylation sites (N-methyl/N-ethyl adjacent to an activating group) is 1. The van der Waals surface area contributed by atoms with E-state index in [-0.39, 0.29) is 0 Å². The van der Waals surface area contributed by atoms with E-state index in [1.807, 2.05) is 0 Å². The number of hydrogen-bond acceptors (Lipinski definition) is 4. The highest BCUT2D eigenvalue weighted by atomic mass is 16.5. The van der Waals surface area contributed by atoms with Gasteiger partial charge in [-0.2, -0.15) is 0 Å². The standard InChI is InChI=1S/C14H23N3O/c1-4-15-9-12-7-11(2)16-14(8-12)17(3)13-5-6-18-10-13/h7-8,13,15H,4-6,9-10H2,1-3H3. The van der Waals surface area contributed by atoms with E-state index in [1.54, 1.807) is 0 Å². The van der Waals surface area contributed by atoms with Crippen LogP contribution in [0.1, 0.15) is 24.6 Å². The van der Waals surface area contributed by atoms with Gasteiger partial charge >= 0.3 is 0 Å². The van der Waals surface area contributed by atoms with E-state index in [2.05, 4.69) is 48.2 Å². The molecule has 2 heterocycles. The van der Waals surface area contributed by atoms with Crippen LogP contribution in [-0.2, 0) is 11.3 Å². The van der Waals surface area contributed by atoms with Gasteiger partial charge in [0.15, 0.2) is 0 Å². The second-order valence-electron chi connectivity index (χ2n) is 4.88. The Kier molecular flexibility index (Phi) is 4.55. The van der Waals surface area contributed by atoms with E-state index in [0.717, 1.165) is 44.2 Å². The Bertz CT molecular complexity index is 389. The largest absolute Gasteiger partial charge is 0.379 e. The zero-order valence-corrected chi connectivity index (χ0v) is 11.6. The Morgan fingerprint density at radius 2 is 2.33 bits per heavy atom. The monoisotopic (exact) mass is 249 g/mol. The highest BCUT2D eigenvalue weighted by Gasteiger charge is 2.21. The summed E-state index contributed by atoms with van der Waals surface area (Å²) in [6.45, 7) is 7.75. The molecule has 0 radical (unpaired) electrons. The molecular formula is C14H23N3O. The summed E-state index contributed by atoms with van der Waals surface area (Å²) < 4.78 is 5.44. The summed E-state index contributed by atoms with van der Waals surface area (Å²) in [7, 11) is 2.11. The first-order valence-electron chi connectivity index (χ1n) is 6.69. The van der Waals surface area contributed by atoms with Crippen molar-refractivity contribution in [1.82, 2.24) is 10.3 Å². The summed E-state index contributed by atoms with van der Waals surface area (Å²) in [6, 6.07) is 4.78. The molecule has 1 aliphatic heterocycles. The molecule has 2 rings (SSSR count). The molecule has 1 atom stereocenters. The molecule has 1 N–H and O–H groups in total. The first kappa shape index (κ1) is 13.3. The third-order valence-electron chi connectivity index (χ3n) is 3.39. The van der Waals surface area contributed by atoms with Crippen molar-refractivity contribution >= 4 is 5.82 Å². The molecule has 0 spiro atoms. The van der Waals surface area contributed by atoms with Crippen molar-refractivity contribution < 1.29 is 4.74 Å². The van der Waals surface area contributed by atoms with Crippen molar-refractivity contribution in [3.8, 4) is 0 Å². The number of nitrogens with one attached hydrogen (secondary N) is 1. The Balaban J connectivity index is 2.13. The number of hydrogen-bond donors (Lipinski definition) is 1. The van der Waals surface area contributed by atoms with Crippen LogP contribution in [0.4, 0.5) is 5.82 Å². The number of ether oxygens (including phenoxy) is 1. The Hall–Kier alpha value is -1.13. The third kappa shape index (κ3) is 3.21. The minimum atomic E-state index is 0.464. The lowest BCUT2D eigenvalue weighted by atomic mass is 10.2. The molecule has 0 amide bonds. The predicted octanol–water partition coefficient (Wildman–Crippen LogP) is 1.72. The van der Waals surface area contributed by atoms with E-state index >= 15 is 0 Å². The van der Waals surface area contributed by atoms with Crippen molar-refractivity contribution in [2.75, 3.05) is 31.7 Å². The topological polar surface area (TPSA) is 37.4 Å². The Morgan fingerprint density at radius 3 is 3.00 bits per heavy atom. The Labute approximate surface area is 109 Å². The molecular weight excluding hydrogens is 226 g/mol. The number of aryl methyl sites for hydroxylation is 1. The van der Waals surface area contributed by atoms with Gasteiger partial charge in [0.25, 0.3) is 0 Å². The van der Waals surface area contributed by atoms with E-state index in [1.165, 1.54) is 5.56 Å². The van der Waals surface area contributed by atoms with Gasteiger partial charge in [0.05, 0.1) is 12.6 Å². The average molecular weight is 249 g/mol. The van der Waals surface area contributed by atoms with Crippen LogP contribution in [0.5, 0.6) is 0 Å². The zero-order valence-electron chi connectivity index (χ0n) is 11.6. The fraction of sp³-hybridized carbons (Fsp3) is 0.643. The highest BCUT2D eigenvalue weighted by Crippen LogP contribution is 2.20. The first-order valence-corrected chi connectivity index (χ1v) is 6.69. The smallest absolute Gasteiger partial charge is 0.129 e. The van der Waals surface area contributed by atoms with Crippen LogP contribution in [0, 0.1) is 6.92 Å². The maximum absolute atomic E-state index is 5.44. The SMILES string of the molecule is CCNCc1cc(C)nc(N(C)C2CCOC2)c1. The maximum Gasteiger partial charge on any atom is 0.129 e. The van der Waals surface area contributed by atoms with E-state index < -0.39 is 0 Å². The lowest BCUT2D eigenvalue weighted by Crippen LogP contribution is -2.32. The van der Waals surface area contributed by atoms with Gasteiger partial charge in [-0.15, -0.1) is 0 Å². The number of aromatic nitrogens is 1. The summed E-state index contributed by atoms with van der Waals surface area (Å²) in [5, 5.41) is 3.36. The molecule has 1 aromatic heterocycles. The lowest BCUT2D eigenvalue weighted by molar-refractivity contribution is 0.193. The van der Waals surface area contributed by atoms with Gasteiger partial charge in [0.1, 0.15) is 5.82 Å². The molecule has 0 aliphatic carbocycles. The van der Waals surface area contributed by atoms with Crippen LogP contribution in [0.25, 0.3) is 0 Å². The quantitative estimate of drug-likeness (QED) is 0.862. The zero-order chi connectivity index (χ0) is 13.0. The van der Waals surface area contributed by atoms with Crippen LogP contribution < -0.4 is 10.2 Å². The number of rotatable bonds is 5. The fourth-order valence-electron chi connectivity index (χ4n) is 2.29. The number of anilines is 1. The lowest BCUT2D eigenvalue weighted by Gasteiger charge is -2.25. The van der Waals surface area contributed by atoms with Crippen LogP contribution in [-0.4, -0.2) is 37.8 Å². The first-order chi connectivity index (χ1) is 8.70. The van der Waals surface area contributed by atoms with Gasteiger partial charge in [-0.05, 0) is 37.6 Å². The summed E-state index contributed by atoms with van der Waals surface area (Å²) in [5.41, 5.74) is 2.37. The normalized spacial score (nSPS) is 19.2. The van der Waals surface area contributed by atoms with Gasteiger partial charge in [-0.25, -0.2) is 4.98 Å². The van der Waals surface area contributed by atoms with Gasteiger partial charge in [0, 0.05) is 25.9 Å². The number of pyridine rings is 1. The van der Waals surface area contributed by atoms with Crippen molar-refractivity contribution in [3.05, 3.63) is 23.4 Å². The molecule has 0 saturated carbocycles. The summed E-state index contributed by atoms with van der Waals surface area (Å²) in [4.78, 5) is 6.87. The molecule has 1 aliphatic rings. The van der Waals surface area contributed by atoms with Gasteiger partial charge in [0.2, 0.25) is 0 Å². The second kappa shape index (κ2) is 6.16. The van der Waals surface area contributed by atoms with Crippen molar-refractivity contribution in [2.24, 2.45) is 0 Å². The van der Waals surface area contributed by atoms with Gasteiger partial charge < -0.3 is 15.0 Å². The molecule has 100 valence electrons. The molecule has 18 heavy (non-hydrogen) atoms. The van der Waals surface area contributed by atoms with Crippen molar-refractivity contribution in [3.63, 3.8) is 0 Å². The van der Waals surface area contributed by atoms with Gasteiger partial charge in [-0.3, -0.25) is 0 Å². The average Bonchev–Trinajstić information content (AvgIpc) is 2.88. The Morgan fingerprint density at radius 1 is 1.50 bits per heavy atom. The van der Waals surface area contributed by atoms with Crippen LogP contribution in [0.3, 0.4) is 0 Å². The minimum absolute atomic E-state index is 0.464. The van der Waals surface area contributed by atoms with Gasteiger partial charge in [-0.1, -0.05) is 6.92 Å². The minimum Gasteiger partial charge on any atom is -0.379 e. The number of nitrogens with zero attached hydrogens (tertiary/aromatic N) is 2. The van der Waals surface area contributed by atoms with Crippen molar-refractivity contribution in [1.29, 1.82) is 0 Å². The molecule has 4 nitrogen and oxygen atoms in total.